The van der Waals surface area contributed by atoms with Crippen molar-refractivity contribution >= 4 is 38.7 Å². The average Bonchev–Trinajstić information content (AvgIpc) is 3.50. The zero-order valence-corrected chi connectivity index (χ0v) is 19.4. The Balaban J connectivity index is 1.60. The van der Waals surface area contributed by atoms with Crippen LogP contribution in [-0.2, 0) is 11.3 Å². The number of imidazole rings is 1. The normalized spacial score (nSPS) is 11.3. The lowest BCUT2D eigenvalue weighted by atomic mass is 10.2. The van der Waals surface area contributed by atoms with Crippen molar-refractivity contribution in [1.29, 1.82) is 0 Å². The van der Waals surface area contributed by atoms with E-state index in [0.29, 0.717) is 40.8 Å². The van der Waals surface area contributed by atoms with Crippen LogP contribution >= 0.6 is 11.3 Å². The molecule has 4 rings (SSSR count). The summed E-state index contributed by atoms with van der Waals surface area (Å²) in [7, 11) is 3.08. The fourth-order valence-electron chi connectivity index (χ4n) is 3.41. The molecule has 0 unspecified atom stereocenters. The van der Waals surface area contributed by atoms with E-state index in [1.807, 2.05) is 10.8 Å². The Hall–Kier alpha value is -3.79. The van der Waals surface area contributed by atoms with Gasteiger partial charge in [0.15, 0.2) is 22.4 Å². The van der Waals surface area contributed by atoms with Gasteiger partial charge in [0.1, 0.15) is 11.3 Å². The van der Waals surface area contributed by atoms with Gasteiger partial charge in [-0.3, -0.25) is 9.69 Å². The van der Waals surface area contributed by atoms with Gasteiger partial charge in [-0.25, -0.2) is 18.7 Å². The number of carbonyl (C=O) groups is 1. The van der Waals surface area contributed by atoms with Crippen molar-refractivity contribution in [3.8, 4) is 11.5 Å². The molecule has 0 aliphatic carbocycles. The highest BCUT2D eigenvalue weighted by molar-refractivity contribution is 7.22. The molecule has 1 amide bonds. The maximum Gasteiger partial charge on any atom is 0.252 e. The molecule has 0 aliphatic rings. The van der Waals surface area contributed by atoms with Gasteiger partial charge in [0.25, 0.3) is 5.91 Å². The van der Waals surface area contributed by atoms with Crippen molar-refractivity contribution < 1.29 is 23.0 Å². The first-order valence-electron chi connectivity index (χ1n) is 10.4. The first-order valence-corrected chi connectivity index (χ1v) is 11.2. The molecule has 0 spiro atoms. The SMILES string of the molecule is COc1ccc(/C=C/C(=O)N(CCCn2ccnc2)c2nc3c(F)cc(F)cc3s2)cc1OC. The van der Waals surface area contributed by atoms with Crippen LogP contribution in [0.5, 0.6) is 11.5 Å². The summed E-state index contributed by atoms with van der Waals surface area (Å²) < 4.78 is 40.7. The van der Waals surface area contributed by atoms with Crippen molar-refractivity contribution in [1.82, 2.24) is 14.5 Å². The largest absolute Gasteiger partial charge is 0.493 e. The van der Waals surface area contributed by atoms with Gasteiger partial charge in [0, 0.05) is 37.6 Å². The smallest absolute Gasteiger partial charge is 0.252 e. The number of halogens is 2. The summed E-state index contributed by atoms with van der Waals surface area (Å²) in [6, 6.07) is 7.30. The molecule has 0 aliphatic heterocycles. The standard InChI is InChI=1S/C24H22F2N4O3S/c1-32-19-6-4-16(12-20(19)33-2)5-7-22(31)30(10-3-9-29-11-8-27-15-29)24-28-23-18(26)13-17(25)14-21(23)34-24/h4-8,11-15H,3,9-10H2,1-2H3/b7-5+. The van der Waals surface area contributed by atoms with Crippen molar-refractivity contribution in [2.45, 2.75) is 13.0 Å². The molecule has 0 bridgehead atoms. The Morgan fingerprint density at radius 1 is 1.18 bits per heavy atom. The summed E-state index contributed by atoms with van der Waals surface area (Å²) in [4.78, 5) is 22.9. The van der Waals surface area contributed by atoms with Crippen LogP contribution in [0, 0.1) is 11.6 Å². The topological polar surface area (TPSA) is 69.5 Å². The lowest BCUT2D eigenvalue weighted by Gasteiger charge is -2.18. The molecule has 7 nitrogen and oxygen atoms in total. The number of anilines is 1. The zero-order chi connectivity index (χ0) is 24.1. The second-order valence-electron chi connectivity index (χ2n) is 7.32. The van der Waals surface area contributed by atoms with Crippen molar-refractivity contribution in [2.75, 3.05) is 25.7 Å². The molecule has 0 atom stereocenters. The summed E-state index contributed by atoms with van der Waals surface area (Å²) >= 11 is 1.07. The number of aryl methyl sites for hydroxylation is 1. The summed E-state index contributed by atoms with van der Waals surface area (Å²) in [5.74, 6) is -0.662. The van der Waals surface area contributed by atoms with Gasteiger partial charge in [0.2, 0.25) is 0 Å². The first-order chi connectivity index (χ1) is 16.5. The van der Waals surface area contributed by atoms with Crippen LogP contribution in [0.25, 0.3) is 16.3 Å². The van der Waals surface area contributed by atoms with Crippen LogP contribution in [-0.4, -0.2) is 41.2 Å². The van der Waals surface area contributed by atoms with E-state index in [-0.39, 0.29) is 11.4 Å². The second kappa shape index (κ2) is 10.4. The van der Waals surface area contributed by atoms with Gasteiger partial charge < -0.3 is 14.0 Å². The Labute approximate surface area is 198 Å². The number of rotatable bonds is 9. The van der Waals surface area contributed by atoms with Crippen LogP contribution in [0.3, 0.4) is 0 Å². The predicted molar refractivity (Wildman–Crippen MR) is 127 cm³/mol. The van der Waals surface area contributed by atoms with E-state index >= 15 is 0 Å². The van der Waals surface area contributed by atoms with E-state index in [2.05, 4.69) is 9.97 Å². The van der Waals surface area contributed by atoms with E-state index < -0.39 is 11.6 Å². The van der Waals surface area contributed by atoms with Crippen LogP contribution in [0.15, 0.2) is 55.1 Å². The lowest BCUT2D eigenvalue weighted by Crippen LogP contribution is -2.30. The van der Waals surface area contributed by atoms with Gasteiger partial charge in [-0.2, -0.15) is 0 Å². The van der Waals surface area contributed by atoms with Crippen molar-refractivity contribution in [2.24, 2.45) is 0 Å². The predicted octanol–water partition coefficient (Wildman–Crippen LogP) is 4.92. The molecule has 2 heterocycles. The third kappa shape index (κ3) is 5.23. The van der Waals surface area contributed by atoms with Crippen LogP contribution < -0.4 is 14.4 Å². The number of amides is 1. The highest BCUT2D eigenvalue weighted by Gasteiger charge is 2.20. The summed E-state index contributed by atoms with van der Waals surface area (Å²) in [5.41, 5.74) is 0.777. The number of fused-ring (bicyclic) bond motifs is 1. The Morgan fingerprint density at radius 2 is 2.00 bits per heavy atom. The minimum Gasteiger partial charge on any atom is -0.493 e. The number of hydrogen-bond acceptors (Lipinski definition) is 6. The number of methoxy groups -OCH3 is 2. The van der Waals surface area contributed by atoms with E-state index in [1.165, 1.54) is 24.2 Å². The number of aromatic nitrogens is 3. The number of nitrogens with zero attached hydrogens (tertiary/aromatic N) is 4. The van der Waals surface area contributed by atoms with Crippen LogP contribution in [0.1, 0.15) is 12.0 Å². The maximum absolute atomic E-state index is 14.2. The number of benzene rings is 2. The van der Waals surface area contributed by atoms with Crippen molar-refractivity contribution in [3.63, 3.8) is 0 Å². The Kier molecular flexibility index (Phi) is 7.17. The van der Waals surface area contributed by atoms with Gasteiger partial charge in [-0.05, 0) is 36.3 Å². The van der Waals surface area contributed by atoms with Crippen molar-refractivity contribution in [3.05, 3.63) is 72.3 Å². The molecule has 4 aromatic rings. The number of ether oxygens (including phenoxy) is 2. The average molecular weight is 485 g/mol. The van der Waals surface area contributed by atoms with E-state index in [1.54, 1.807) is 43.9 Å². The number of thiazole rings is 1. The van der Waals surface area contributed by atoms with Gasteiger partial charge in [0.05, 0.1) is 25.2 Å². The molecular weight excluding hydrogens is 462 g/mol. The van der Waals surface area contributed by atoms with Gasteiger partial charge in [-0.1, -0.05) is 17.4 Å². The first kappa shape index (κ1) is 23.4. The fraction of sp³-hybridized carbons (Fsp3) is 0.208. The maximum atomic E-state index is 14.2. The Bertz CT molecular complexity index is 1320. The summed E-state index contributed by atoms with van der Waals surface area (Å²) in [6.07, 6.45) is 8.89. The second-order valence-corrected chi connectivity index (χ2v) is 8.33. The number of carbonyl (C=O) groups excluding carboxylic acids is 1. The minimum atomic E-state index is -0.760. The lowest BCUT2D eigenvalue weighted by molar-refractivity contribution is -0.114. The molecule has 10 heteroatoms. The molecule has 0 radical (unpaired) electrons. The third-order valence-electron chi connectivity index (χ3n) is 5.08. The fourth-order valence-corrected chi connectivity index (χ4v) is 4.44. The van der Waals surface area contributed by atoms with Crippen LogP contribution in [0.4, 0.5) is 13.9 Å². The van der Waals surface area contributed by atoms with Gasteiger partial charge >= 0.3 is 0 Å². The van der Waals surface area contributed by atoms with E-state index in [4.69, 9.17) is 9.47 Å². The highest BCUT2D eigenvalue weighted by atomic mass is 32.1. The molecule has 34 heavy (non-hydrogen) atoms. The van der Waals surface area contributed by atoms with Gasteiger partial charge in [-0.15, -0.1) is 0 Å². The Morgan fingerprint density at radius 3 is 2.74 bits per heavy atom. The molecule has 0 N–H and O–H groups in total. The summed E-state index contributed by atoms with van der Waals surface area (Å²) in [5, 5.41) is 0.298. The zero-order valence-electron chi connectivity index (χ0n) is 18.6. The van der Waals surface area contributed by atoms with E-state index in [9.17, 15) is 13.6 Å². The molecule has 2 aromatic carbocycles. The minimum absolute atomic E-state index is 0.0395. The molecule has 0 saturated heterocycles. The third-order valence-corrected chi connectivity index (χ3v) is 6.11. The molecular formula is C24H22F2N4O3S. The highest BCUT2D eigenvalue weighted by Crippen LogP contribution is 2.32. The molecule has 176 valence electrons. The van der Waals surface area contributed by atoms with Crippen LogP contribution in [0.2, 0.25) is 0 Å². The van der Waals surface area contributed by atoms with E-state index in [0.717, 1.165) is 23.0 Å². The monoisotopic (exact) mass is 484 g/mol. The summed E-state index contributed by atoms with van der Waals surface area (Å²) in [6.45, 7) is 0.967. The molecule has 0 saturated carbocycles. The molecule has 2 aromatic heterocycles. The number of hydrogen-bond donors (Lipinski definition) is 0. The molecule has 0 fully saturated rings. The quantitative estimate of drug-likeness (QED) is 0.315.